The summed E-state index contributed by atoms with van der Waals surface area (Å²) in [6.07, 6.45) is 7.80. The molecular formula is C13H22N4. The lowest BCUT2D eigenvalue weighted by molar-refractivity contribution is 0.481. The summed E-state index contributed by atoms with van der Waals surface area (Å²) < 4.78 is 0. The zero-order valence-corrected chi connectivity index (χ0v) is 10.7. The molecule has 0 saturated heterocycles. The molecule has 1 atom stereocenters. The van der Waals surface area contributed by atoms with Gasteiger partial charge in [-0.2, -0.15) is 0 Å². The predicted octanol–water partition coefficient (Wildman–Crippen LogP) is 2.61. The molecule has 1 unspecified atom stereocenters. The molecule has 1 aromatic heterocycles. The third-order valence-corrected chi connectivity index (χ3v) is 3.80. The number of nitrogens with two attached hydrogens (primary N) is 1. The first-order valence-electron chi connectivity index (χ1n) is 6.58. The molecule has 1 aromatic rings. The van der Waals surface area contributed by atoms with Gasteiger partial charge in [0.1, 0.15) is 18.0 Å². The van der Waals surface area contributed by atoms with Crippen LogP contribution in [0.1, 0.15) is 45.1 Å². The van der Waals surface area contributed by atoms with Crippen LogP contribution in [0.5, 0.6) is 0 Å². The Morgan fingerprint density at radius 3 is 2.76 bits per heavy atom. The summed E-state index contributed by atoms with van der Waals surface area (Å²) in [5.74, 6) is 2.29. The van der Waals surface area contributed by atoms with E-state index >= 15 is 0 Å². The van der Waals surface area contributed by atoms with Crippen molar-refractivity contribution in [3.8, 4) is 0 Å². The minimum Gasteiger partial charge on any atom is -0.383 e. The van der Waals surface area contributed by atoms with Gasteiger partial charge in [-0.3, -0.25) is 0 Å². The largest absolute Gasteiger partial charge is 0.383 e. The molecule has 4 heteroatoms. The molecule has 3 N–H and O–H groups in total. The van der Waals surface area contributed by atoms with E-state index in [1.54, 1.807) is 0 Å². The van der Waals surface area contributed by atoms with Crippen molar-refractivity contribution in [2.45, 2.75) is 52.0 Å². The van der Waals surface area contributed by atoms with Gasteiger partial charge >= 0.3 is 0 Å². The zero-order valence-electron chi connectivity index (χ0n) is 10.7. The second kappa shape index (κ2) is 5.34. The highest BCUT2D eigenvalue weighted by molar-refractivity contribution is 5.55. The number of nitrogens with one attached hydrogen (secondary N) is 1. The topological polar surface area (TPSA) is 63.8 Å². The van der Waals surface area contributed by atoms with Gasteiger partial charge in [-0.15, -0.1) is 0 Å². The van der Waals surface area contributed by atoms with E-state index in [1.807, 2.05) is 0 Å². The van der Waals surface area contributed by atoms with Gasteiger partial charge < -0.3 is 11.1 Å². The molecule has 1 heterocycles. The summed E-state index contributed by atoms with van der Waals surface area (Å²) in [5, 5.41) is 3.51. The third kappa shape index (κ3) is 2.68. The number of aromatic nitrogens is 2. The van der Waals surface area contributed by atoms with E-state index in [0.29, 0.717) is 11.9 Å². The number of anilines is 2. The standard InChI is InChI=1S/C13H22N4/c1-3-11-12(14)15-8-16-13(11)17-9(2)10-6-4-5-7-10/h8-10H,3-7H2,1-2H3,(H3,14,15,16,17). The number of hydrogen-bond donors (Lipinski definition) is 2. The second-order valence-corrected chi connectivity index (χ2v) is 4.92. The Kier molecular flexibility index (Phi) is 3.82. The van der Waals surface area contributed by atoms with Gasteiger partial charge in [0.2, 0.25) is 0 Å². The molecule has 0 amide bonds. The minimum atomic E-state index is 0.470. The summed E-state index contributed by atoms with van der Waals surface area (Å²) in [5.41, 5.74) is 6.91. The summed E-state index contributed by atoms with van der Waals surface area (Å²) >= 11 is 0. The van der Waals surface area contributed by atoms with Crippen molar-refractivity contribution in [1.82, 2.24) is 9.97 Å². The predicted molar refractivity (Wildman–Crippen MR) is 70.9 cm³/mol. The Morgan fingerprint density at radius 1 is 1.41 bits per heavy atom. The first-order valence-corrected chi connectivity index (χ1v) is 6.58. The van der Waals surface area contributed by atoms with E-state index in [1.165, 1.54) is 32.0 Å². The van der Waals surface area contributed by atoms with Crippen LogP contribution in [-0.2, 0) is 6.42 Å². The molecule has 1 saturated carbocycles. The number of hydrogen-bond acceptors (Lipinski definition) is 4. The van der Waals surface area contributed by atoms with Crippen molar-refractivity contribution in [3.05, 3.63) is 11.9 Å². The maximum absolute atomic E-state index is 5.87. The van der Waals surface area contributed by atoms with Crippen molar-refractivity contribution in [2.24, 2.45) is 5.92 Å². The normalized spacial score (nSPS) is 18.2. The quantitative estimate of drug-likeness (QED) is 0.840. The van der Waals surface area contributed by atoms with Crippen molar-refractivity contribution in [3.63, 3.8) is 0 Å². The van der Waals surface area contributed by atoms with E-state index in [4.69, 9.17) is 5.73 Å². The smallest absolute Gasteiger partial charge is 0.134 e. The van der Waals surface area contributed by atoms with Crippen LogP contribution in [0.2, 0.25) is 0 Å². The molecule has 1 aliphatic rings. The van der Waals surface area contributed by atoms with Gasteiger partial charge in [-0.1, -0.05) is 19.8 Å². The average molecular weight is 234 g/mol. The summed E-state index contributed by atoms with van der Waals surface area (Å²) in [7, 11) is 0. The molecule has 0 aliphatic heterocycles. The van der Waals surface area contributed by atoms with Gasteiger partial charge in [0.25, 0.3) is 0 Å². The van der Waals surface area contributed by atoms with Gasteiger partial charge in [-0.05, 0) is 32.1 Å². The van der Waals surface area contributed by atoms with E-state index in [-0.39, 0.29) is 0 Å². The molecule has 4 nitrogen and oxygen atoms in total. The van der Waals surface area contributed by atoms with Crippen LogP contribution in [0.4, 0.5) is 11.6 Å². The molecule has 0 radical (unpaired) electrons. The summed E-state index contributed by atoms with van der Waals surface area (Å²) in [4.78, 5) is 8.36. The Hall–Kier alpha value is -1.32. The van der Waals surface area contributed by atoms with Gasteiger partial charge in [0.05, 0.1) is 0 Å². The fourth-order valence-electron chi connectivity index (χ4n) is 2.69. The van der Waals surface area contributed by atoms with Crippen LogP contribution >= 0.6 is 0 Å². The molecule has 94 valence electrons. The van der Waals surface area contributed by atoms with Gasteiger partial charge in [0.15, 0.2) is 0 Å². The Balaban J connectivity index is 2.09. The first kappa shape index (κ1) is 12.1. The lowest BCUT2D eigenvalue weighted by atomic mass is 9.99. The minimum absolute atomic E-state index is 0.470. The van der Waals surface area contributed by atoms with Gasteiger partial charge in [0, 0.05) is 11.6 Å². The van der Waals surface area contributed by atoms with Crippen LogP contribution in [0.3, 0.4) is 0 Å². The highest BCUT2D eigenvalue weighted by atomic mass is 15.1. The molecule has 0 bridgehead atoms. The molecule has 2 rings (SSSR count). The van der Waals surface area contributed by atoms with Crippen LogP contribution in [0.25, 0.3) is 0 Å². The molecule has 0 aromatic carbocycles. The second-order valence-electron chi connectivity index (χ2n) is 4.92. The van der Waals surface area contributed by atoms with Crippen LogP contribution in [0.15, 0.2) is 6.33 Å². The van der Waals surface area contributed by atoms with Crippen LogP contribution in [0, 0.1) is 5.92 Å². The Bertz CT molecular complexity index is 372. The number of nitrogen functional groups attached to an aromatic ring is 1. The fourth-order valence-corrected chi connectivity index (χ4v) is 2.69. The Labute approximate surface area is 103 Å². The highest BCUT2D eigenvalue weighted by Crippen LogP contribution is 2.29. The van der Waals surface area contributed by atoms with Crippen molar-refractivity contribution >= 4 is 11.6 Å². The average Bonchev–Trinajstić information content (AvgIpc) is 2.82. The molecule has 1 aliphatic carbocycles. The summed E-state index contributed by atoms with van der Waals surface area (Å²) in [6.45, 7) is 4.33. The lowest BCUT2D eigenvalue weighted by Crippen LogP contribution is -2.25. The van der Waals surface area contributed by atoms with Crippen molar-refractivity contribution < 1.29 is 0 Å². The van der Waals surface area contributed by atoms with Gasteiger partial charge in [-0.25, -0.2) is 9.97 Å². The number of rotatable bonds is 4. The fraction of sp³-hybridized carbons (Fsp3) is 0.692. The molecule has 1 fully saturated rings. The van der Waals surface area contributed by atoms with Crippen molar-refractivity contribution in [1.29, 1.82) is 0 Å². The monoisotopic (exact) mass is 234 g/mol. The highest BCUT2D eigenvalue weighted by Gasteiger charge is 2.22. The maximum Gasteiger partial charge on any atom is 0.134 e. The van der Waals surface area contributed by atoms with Crippen molar-refractivity contribution in [2.75, 3.05) is 11.1 Å². The molecule has 17 heavy (non-hydrogen) atoms. The third-order valence-electron chi connectivity index (χ3n) is 3.80. The first-order chi connectivity index (χ1) is 8.22. The van der Waals surface area contributed by atoms with E-state index < -0.39 is 0 Å². The van der Waals surface area contributed by atoms with E-state index in [0.717, 1.165) is 23.7 Å². The Morgan fingerprint density at radius 2 is 2.12 bits per heavy atom. The lowest BCUT2D eigenvalue weighted by Gasteiger charge is -2.22. The molecular weight excluding hydrogens is 212 g/mol. The van der Waals surface area contributed by atoms with Crippen LogP contribution < -0.4 is 11.1 Å². The summed E-state index contributed by atoms with van der Waals surface area (Å²) in [6, 6.07) is 0.470. The van der Waals surface area contributed by atoms with Crippen LogP contribution in [-0.4, -0.2) is 16.0 Å². The van der Waals surface area contributed by atoms with E-state index in [9.17, 15) is 0 Å². The SMILES string of the molecule is CCc1c(N)ncnc1NC(C)C1CCCC1. The molecule has 0 spiro atoms. The number of nitrogens with zero attached hydrogens (tertiary/aromatic N) is 2. The van der Waals surface area contributed by atoms with E-state index in [2.05, 4.69) is 29.1 Å². The zero-order chi connectivity index (χ0) is 12.3. The maximum atomic E-state index is 5.87.